The Labute approximate surface area is 258 Å². The van der Waals surface area contributed by atoms with Crippen LogP contribution in [0.4, 0.5) is 34.1 Å². The molecule has 0 aliphatic rings. The van der Waals surface area contributed by atoms with Crippen molar-refractivity contribution in [3.05, 3.63) is 133 Å². The van der Waals surface area contributed by atoms with Crippen LogP contribution in [0.5, 0.6) is 23.0 Å². The van der Waals surface area contributed by atoms with Gasteiger partial charge in [0.25, 0.3) is 0 Å². The van der Waals surface area contributed by atoms with Crippen molar-refractivity contribution in [3.8, 4) is 23.0 Å². The zero-order valence-electron chi connectivity index (χ0n) is 25.2. The molecule has 0 saturated heterocycles. The molecule has 6 nitrogen and oxygen atoms in total. The third-order valence-electron chi connectivity index (χ3n) is 7.57. The Hall–Kier alpha value is -5.62. The van der Waals surface area contributed by atoms with Gasteiger partial charge in [-0.05, 0) is 71.4 Å². The average molecular weight is 583 g/mol. The molecule has 0 atom stereocenters. The fraction of sp³-hybridized carbons (Fsp3) is 0.105. The number of fused-ring (bicyclic) bond motifs is 1. The molecular weight excluding hydrogens is 548 g/mol. The predicted octanol–water partition coefficient (Wildman–Crippen LogP) is 9.81. The summed E-state index contributed by atoms with van der Waals surface area (Å²) >= 11 is 0. The number of hydrogen-bond donors (Lipinski definition) is 0. The van der Waals surface area contributed by atoms with Gasteiger partial charge in [0.15, 0.2) is 0 Å². The molecule has 6 heteroatoms. The van der Waals surface area contributed by atoms with Crippen LogP contribution in [0.1, 0.15) is 0 Å². The van der Waals surface area contributed by atoms with E-state index in [-0.39, 0.29) is 0 Å². The Balaban J connectivity index is 1.70. The first-order valence-corrected chi connectivity index (χ1v) is 14.3. The van der Waals surface area contributed by atoms with Crippen LogP contribution >= 0.6 is 0 Å². The van der Waals surface area contributed by atoms with E-state index < -0.39 is 0 Å². The summed E-state index contributed by atoms with van der Waals surface area (Å²) in [4.78, 5) is 4.47. The highest BCUT2D eigenvalue weighted by atomic mass is 16.5. The Kier molecular flexibility index (Phi) is 8.23. The van der Waals surface area contributed by atoms with Gasteiger partial charge >= 0.3 is 0 Å². The molecule has 0 heterocycles. The van der Waals surface area contributed by atoms with Gasteiger partial charge in [-0.3, -0.25) is 0 Å². The smallest absolute Gasteiger partial charge is 0.120 e. The number of benzene rings is 6. The molecule has 0 radical (unpaired) electrons. The van der Waals surface area contributed by atoms with Crippen LogP contribution in [0.25, 0.3) is 10.8 Å². The van der Waals surface area contributed by atoms with E-state index in [1.165, 1.54) is 0 Å². The van der Waals surface area contributed by atoms with Crippen molar-refractivity contribution in [1.29, 1.82) is 0 Å². The Morgan fingerprint density at radius 3 is 0.909 bits per heavy atom. The third-order valence-corrected chi connectivity index (χ3v) is 7.57. The molecule has 0 amide bonds. The van der Waals surface area contributed by atoms with Gasteiger partial charge in [0, 0.05) is 47.0 Å². The minimum Gasteiger partial charge on any atom is -0.497 e. The molecule has 0 aromatic heterocycles. The molecule has 0 unspecified atom stereocenters. The normalized spacial score (nSPS) is 10.7. The standard InChI is InChI=1S/C38H34N2O4/c1-41-33-17-7-13-29(23-33)39(30-14-8-18-34(24-30)42-2)37-21-27-11-5-6-12-28(27)22-38(37)40(31-15-9-19-35(25-31)43-3)32-16-10-20-36(26-32)44-4/h5-26H,1-4H3. The number of rotatable bonds is 10. The first-order chi connectivity index (χ1) is 21.6. The van der Waals surface area contributed by atoms with Crippen molar-refractivity contribution in [3.63, 3.8) is 0 Å². The highest BCUT2D eigenvalue weighted by Gasteiger charge is 2.24. The van der Waals surface area contributed by atoms with Gasteiger partial charge in [-0.15, -0.1) is 0 Å². The van der Waals surface area contributed by atoms with Crippen LogP contribution in [-0.2, 0) is 0 Å². The van der Waals surface area contributed by atoms with E-state index in [2.05, 4.69) is 70.5 Å². The lowest BCUT2D eigenvalue weighted by Crippen LogP contribution is -2.17. The second-order valence-corrected chi connectivity index (χ2v) is 10.2. The lowest BCUT2D eigenvalue weighted by atomic mass is 10.0. The maximum absolute atomic E-state index is 5.67. The highest BCUT2D eigenvalue weighted by molar-refractivity contribution is 6.00. The number of ether oxygens (including phenoxy) is 4. The molecule has 0 N–H and O–H groups in total. The first-order valence-electron chi connectivity index (χ1n) is 14.3. The zero-order chi connectivity index (χ0) is 30.5. The van der Waals surface area contributed by atoms with Gasteiger partial charge < -0.3 is 28.7 Å². The van der Waals surface area contributed by atoms with Crippen molar-refractivity contribution in [2.45, 2.75) is 0 Å². The molecule has 0 aliphatic carbocycles. The highest BCUT2D eigenvalue weighted by Crippen LogP contribution is 2.48. The summed E-state index contributed by atoms with van der Waals surface area (Å²) in [6.07, 6.45) is 0. The van der Waals surface area contributed by atoms with Crippen LogP contribution in [-0.4, -0.2) is 28.4 Å². The topological polar surface area (TPSA) is 43.4 Å². The maximum Gasteiger partial charge on any atom is 0.120 e. The SMILES string of the molecule is COc1cccc(N(c2cccc(OC)c2)c2cc3ccccc3cc2N(c2cccc(OC)c2)c2cccc(OC)c2)c1. The molecule has 6 rings (SSSR count). The molecule has 0 spiro atoms. The predicted molar refractivity (Wildman–Crippen MR) is 180 cm³/mol. The summed E-state index contributed by atoms with van der Waals surface area (Å²) in [5, 5.41) is 2.22. The second kappa shape index (κ2) is 12.7. The Bertz CT molecular complexity index is 1670. The Morgan fingerprint density at radius 1 is 0.341 bits per heavy atom. The fourth-order valence-corrected chi connectivity index (χ4v) is 5.43. The van der Waals surface area contributed by atoms with Crippen LogP contribution in [0.15, 0.2) is 133 Å². The van der Waals surface area contributed by atoms with Crippen molar-refractivity contribution in [2.75, 3.05) is 38.2 Å². The maximum atomic E-state index is 5.67. The Morgan fingerprint density at radius 2 is 0.636 bits per heavy atom. The zero-order valence-corrected chi connectivity index (χ0v) is 25.2. The van der Waals surface area contributed by atoms with Crippen LogP contribution in [0, 0.1) is 0 Å². The lowest BCUT2D eigenvalue weighted by Gasteiger charge is -2.34. The van der Waals surface area contributed by atoms with E-state index in [0.29, 0.717) is 0 Å². The largest absolute Gasteiger partial charge is 0.497 e. The van der Waals surface area contributed by atoms with E-state index in [1.807, 2.05) is 72.8 Å². The fourth-order valence-electron chi connectivity index (χ4n) is 5.43. The molecule has 0 aliphatic heterocycles. The van der Waals surface area contributed by atoms with Gasteiger partial charge in [-0.2, -0.15) is 0 Å². The molecule has 44 heavy (non-hydrogen) atoms. The minimum atomic E-state index is 0.759. The quantitative estimate of drug-likeness (QED) is 0.160. The van der Waals surface area contributed by atoms with Crippen molar-refractivity contribution < 1.29 is 18.9 Å². The van der Waals surface area contributed by atoms with Gasteiger partial charge in [0.1, 0.15) is 23.0 Å². The molecule has 0 fully saturated rings. The van der Waals surface area contributed by atoms with Gasteiger partial charge in [0.2, 0.25) is 0 Å². The van der Waals surface area contributed by atoms with Gasteiger partial charge in [-0.25, -0.2) is 0 Å². The first kappa shape index (κ1) is 28.5. The molecule has 0 bridgehead atoms. The summed E-state index contributed by atoms with van der Waals surface area (Å²) in [6, 6.07) is 45.2. The second-order valence-electron chi connectivity index (χ2n) is 10.2. The molecule has 220 valence electrons. The molecular formula is C38H34N2O4. The third kappa shape index (κ3) is 5.70. The summed E-state index contributed by atoms with van der Waals surface area (Å²) in [5.41, 5.74) is 5.65. The number of nitrogens with zero attached hydrogens (tertiary/aromatic N) is 2. The van der Waals surface area contributed by atoms with Crippen molar-refractivity contribution >= 4 is 44.9 Å². The van der Waals surface area contributed by atoms with Gasteiger partial charge in [0.05, 0.1) is 39.8 Å². The summed E-state index contributed by atoms with van der Waals surface area (Å²) in [6.45, 7) is 0. The minimum absolute atomic E-state index is 0.759. The van der Waals surface area contributed by atoms with E-state index in [9.17, 15) is 0 Å². The van der Waals surface area contributed by atoms with E-state index in [4.69, 9.17) is 18.9 Å². The molecule has 6 aromatic carbocycles. The van der Waals surface area contributed by atoms with Gasteiger partial charge in [-0.1, -0.05) is 48.5 Å². The molecule has 6 aromatic rings. The average Bonchev–Trinajstić information content (AvgIpc) is 3.09. The number of methoxy groups -OCH3 is 4. The lowest BCUT2D eigenvalue weighted by molar-refractivity contribution is 0.414. The van der Waals surface area contributed by atoms with Crippen LogP contribution in [0.3, 0.4) is 0 Å². The summed E-state index contributed by atoms with van der Waals surface area (Å²) in [5.74, 6) is 3.04. The van der Waals surface area contributed by atoms with Crippen LogP contribution < -0.4 is 28.7 Å². The number of anilines is 6. The van der Waals surface area contributed by atoms with E-state index in [1.54, 1.807) is 28.4 Å². The monoisotopic (exact) mass is 582 g/mol. The van der Waals surface area contributed by atoms with E-state index >= 15 is 0 Å². The van der Waals surface area contributed by atoms with Crippen molar-refractivity contribution in [2.24, 2.45) is 0 Å². The van der Waals surface area contributed by atoms with Crippen LogP contribution in [0.2, 0.25) is 0 Å². The van der Waals surface area contributed by atoms with E-state index in [0.717, 1.165) is 67.9 Å². The number of hydrogen-bond acceptors (Lipinski definition) is 6. The molecule has 0 saturated carbocycles. The van der Waals surface area contributed by atoms with Crippen molar-refractivity contribution in [1.82, 2.24) is 0 Å². The summed E-state index contributed by atoms with van der Waals surface area (Å²) in [7, 11) is 6.74. The summed E-state index contributed by atoms with van der Waals surface area (Å²) < 4.78 is 22.7.